The molecular weight excluding hydrogens is 216 g/mol. The van der Waals surface area contributed by atoms with Gasteiger partial charge in [0.15, 0.2) is 0 Å². The monoisotopic (exact) mass is 230 g/mol. The summed E-state index contributed by atoms with van der Waals surface area (Å²) in [6.07, 6.45) is 2.27. The molecule has 0 bridgehead atoms. The van der Waals surface area contributed by atoms with Crippen molar-refractivity contribution >= 4 is 16.1 Å². The standard InChI is InChI=1S/C13H14N2S/c1-16(13-10-6-3-7-11-13)14-15(16)12-8-4-2-5-9-12/h2-11,14H,1H3. The molecule has 1 N–H and O–H groups in total. The Hall–Kier alpha value is -1.45. The SMILES string of the molecule is CS1(c2ccccc2)NN1c1ccccc1. The van der Waals surface area contributed by atoms with Crippen LogP contribution in [0.1, 0.15) is 0 Å². The lowest BCUT2D eigenvalue weighted by Gasteiger charge is -2.14. The summed E-state index contributed by atoms with van der Waals surface area (Å²) in [6, 6.07) is 21.1. The van der Waals surface area contributed by atoms with Crippen LogP contribution in [0.3, 0.4) is 0 Å². The summed E-state index contributed by atoms with van der Waals surface area (Å²) in [5, 5.41) is 0. The average Bonchev–Trinajstić information content (AvgIpc) is 3.06. The number of nitrogens with one attached hydrogen (secondary N) is 1. The number of hydrogen-bond donors (Lipinski definition) is 1. The Kier molecular flexibility index (Phi) is 2.16. The highest BCUT2D eigenvalue weighted by molar-refractivity contribution is 8.38. The van der Waals surface area contributed by atoms with Gasteiger partial charge in [0.25, 0.3) is 0 Å². The predicted molar refractivity (Wildman–Crippen MR) is 70.3 cm³/mol. The van der Waals surface area contributed by atoms with Crippen molar-refractivity contribution in [2.45, 2.75) is 4.90 Å². The molecule has 1 saturated heterocycles. The molecule has 1 fully saturated rings. The molecule has 3 rings (SSSR count). The summed E-state index contributed by atoms with van der Waals surface area (Å²) >= 11 is 0. The van der Waals surface area contributed by atoms with Crippen LogP contribution in [-0.4, -0.2) is 6.26 Å². The zero-order chi connectivity index (χ0) is 11.0. The second-order valence-electron chi connectivity index (χ2n) is 3.91. The molecule has 1 atom stereocenters. The minimum absolute atomic E-state index is 0.963. The highest BCUT2D eigenvalue weighted by atomic mass is 32.3. The Morgan fingerprint density at radius 1 is 0.875 bits per heavy atom. The predicted octanol–water partition coefficient (Wildman–Crippen LogP) is 3.33. The Balaban J connectivity index is 1.90. The summed E-state index contributed by atoms with van der Waals surface area (Å²) in [5.41, 5.74) is 1.24. The van der Waals surface area contributed by atoms with Gasteiger partial charge in [-0.1, -0.05) is 46.8 Å². The molecule has 0 saturated carbocycles. The molecule has 1 heterocycles. The lowest BCUT2D eigenvalue weighted by atomic mass is 10.3. The Morgan fingerprint density at radius 3 is 2.06 bits per heavy atom. The molecule has 0 aliphatic carbocycles. The number of benzene rings is 2. The largest absolute Gasteiger partial charge is 0.242 e. The van der Waals surface area contributed by atoms with E-state index in [1.165, 1.54) is 10.6 Å². The Morgan fingerprint density at radius 2 is 1.44 bits per heavy atom. The number of rotatable bonds is 2. The number of hydrazine groups is 1. The van der Waals surface area contributed by atoms with Crippen LogP contribution < -0.4 is 9.25 Å². The summed E-state index contributed by atoms with van der Waals surface area (Å²) < 4.78 is 2.27. The zero-order valence-corrected chi connectivity index (χ0v) is 9.95. The molecule has 2 nitrogen and oxygen atoms in total. The fourth-order valence-electron chi connectivity index (χ4n) is 1.82. The Bertz CT molecular complexity index is 486. The van der Waals surface area contributed by atoms with E-state index in [1.54, 1.807) is 0 Å². The third-order valence-electron chi connectivity index (χ3n) is 2.79. The maximum absolute atomic E-state index is 3.49. The van der Waals surface area contributed by atoms with Gasteiger partial charge in [-0.15, -0.1) is 0 Å². The molecule has 16 heavy (non-hydrogen) atoms. The smallest absolute Gasteiger partial charge is 0.0656 e. The van der Waals surface area contributed by atoms with E-state index in [9.17, 15) is 0 Å². The lowest BCUT2D eigenvalue weighted by molar-refractivity contribution is 1.24. The second-order valence-corrected chi connectivity index (χ2v) is 6.68. The fraction of sp³-hybridized carbons (Fsp3) is 0.0769. The van der Waals surface area contributed by atoms with Crippen LogP contribution in [-0.2, 0) is 0 Å². The van der Waals surface area contributed by atoms with Gasteiger partial charge in [-0.25, -0.2) is 4.41 Å². The van der Waals surface area contributed by atoms with Gasteiger partial charge in [-0.2, -0.15) is 4.83 Å². The highest BCUT2D eigenvalue weighted by Gasteiger charge is 2.43. The van der Waals surface area contributed by atoms with Crippen LogP contribution in [0.4, 0.5) is 5.69 Å². The van der Waals surface area contributed by atoms with E-state index in [2.05, 4.69) is 70.1 Å². The molecular formula is C13H14N2S. The molecule has 82 valence electrons. The molecule has 1 unspecified atom stereocenters. The van der Waals surface area contributed by atoms with E-state index < -0.39 is 10.4 Å². The van der Waals surface area contributed by atoms with Crippen LogP contribution >= 0.6 is 10.4 Å². The number of para-hydroxylation sites is 1. The minimum atomic E-state index is -0.963. The molecule has 2 aromatic rings. The maximum atomic E-state index is 3.49. The van der Waals surface area contributed by atoms with Crippen molar-refractivity contribution in [1.29, 1.82) is 0 Å². The first kappa shape index (κ1) is 9.75. The maximum Gasteiger partial charge on any atom is 0.0656 e. The Labute approximate surface area is 97.5 Å². The molecule has 1 aliphatic heterocycles. The molecule has 0 radical (unpaired) electrons. The van der Waals surface area contributed by atoms with Gasteiger partial charge < -0.3 is 0 Å². The van der Waals surface area contributed by atoms with Gasteiger partial charge in [-0.3, -0.25) is 0 Å². The van der Waals surface area contributed by atoms with Crippen LogP contribution in [0, 0.1) is 0 Å². The number of anilines is 1. The molecule has 0 amide bonds. The average molecular weight is 230 g/mol. The summed E-state index contributed by atoms with van der Waals surface area (Å²) in [5.74, 6) is 0. The summed E-state index contributed by atoms with van der Waals surface area (Å²) in [6.45, 7) is 0. The third kappa shape index (κ3) is 1.49. The second kappa shape index (κ2) is 3.54. The summed E-state index contributed by atoms with van der Waals surface area (Å²) in [4.78, 5) is 4.87. The van der Waals surface area contributed by atoms with E-state index in [0.717, 1.165) is 0 Å². The lowest BCUT2D eigenvalue weighted by Crippen LogP contribution is -1.95. The van der Waals surface area contributed by atoms with Crippen molar-refractivity contribution in [3.05, 3.63) is 60.7 Å². The first-order valence-electron chi connectivity index (χ1n) is 5.27. The van der Waals surface area contributed by atoms with Gasteiger partial charge in [0.05, 0.1) is 5.69 Å². The molecule has 1 aliphatic rings. The van der Waals surface area contributed by atoms with E-state index in [1.807, 2.05) is 6.07 Å². The summed E-state index contributed by atoms with van der Waals surface area (Å²) in [7, 11) is -0.963. The first-order chi connectivity index (χ1) is 7.81. The van der Waals surface area contributed by atoms with Gasteiger partial charge in [0.2, 0.25) is 0 Å². The normalized spacial score (nSPS) is 27.2. The van der Waals surface area contributed by atoms with Crippen molar-refractivity contribution in [3.8, 4) is 0 Å². The molecule has 0 spiro atoms. The molecule has 3 heteroatoms. The van der Waals surface area contributed by atoms with Crippen LogP contribution in [0.25, 0.3) is 0 Å². The van der Waals surface area contributed by atoms with E-state index >= 15 is 0 Å². The van der Waals surface area contributed by atoms with Crippen molar-refractivity contribution in [1.82, 2.24) is 4.83 Å². The fourth-order valence-corrected chi connectivity index (χ4v) is 4.09. The minimum Gasteiger partial charge on any atom is -0.242 e. The van der Waals surface area contributed by atoms with Gasteiger partial charge in [0, 0.05) is 11.2 Å². The third-order valence-corrected chi connectivity index (χ3v) is 5.37. The van der Waals surface area contributed by atoms with Crippen LogP contribution in [0.2, 0.25) is 0 Å². The van der Waals surface area contributed by atoms with E-state index in [4.69, 9.17) is 0 Å². The topological polar surface area (TPSA) is 25.0 Å². The first-order valence-corrected chi connectivity index (χ1v) is 7.27. The van der Waals surface area contributed by atoms with Crippen LogP contribution in [0.5, 0.6) is 0 Å². The number of hydrogen-bond acceptors (Lipinski definition) is 2. The molecule has 0 aromatic heterocycles. The van der Waals surface area contributed by atoms with Gasteiger partial charge in [-0.05, 0) is 24.3 Å². The van der Waals surface area contributed by atoms with Crippen molar-refractivity contribution in [2.75, 3.05) is 10.7 Å². The van der Waals surface area contributed by atoms with Crippen molar-refractivity contribution in [2.24, 2.45) is 0 Å². The van der Waals surface area contributed by atoms with E-state index in [-0.39, 0.29) is 0 Å². The van der Waals surface area contributed by atoms with Crippen LogP contribution in [0.15, 0.2) is 65.6 Å². The number of nitrogens with zero attached hydrogens (tertiary/aromatic N) is 1. The van der Waals surface area contributed by atoms with E-state index in [0.29, 0.717) is 0 Å². The highest BCUT2D eigenvalue weighted by Crippen LogP contribution is 2.64. The van der Waals surface area contributed by atoms with Crippen molar-refractivity contribution < 1.29 is 0 Å². The van der Waals surface area contributed by atoms with Crippen molar-refractivity contribution in [3.63, 3.8) is 0 Å². The van der Waals surface area contributed by atoms with Gasteiger partial charge >= 0.3 is 0 Å². The molecule has 2 aromatic carbocycles. The quantitative estimate of drug-likeness (QED) is 0.800. The zero-order valence-electron chi connectivity index (χ0n) is 9.13. The van der Waals surface area contributed by atoms with Gasteiger partial charge in [0.1, 0.15) is 0 Å².